The second kappa shape index (κ2) is 8.95. The first-order valence-electron chi connectivity index (χ1n) is 9.91. The summed E-state index contributed by atoms with van der Waals surface area (Å²) < 4.78 is 5.53. The zero-order valence-corrected chi connectivity index (χ0v) is 17.2. The van der Waals surface area contributed by atoms with E-state index in [-0.39, 0.29) is 18.0 Å². The molecule has 5 nitrogen and oxygen atoms in total. The van der Waals surface area contributed by atoms with Gasteiger partial charge >= 0.3 is 6.09 Å². The molecule has 0 saturated carbocycles. The molecule has 5 heteroatoms. The minimum Gasteiger partial charge on any atom is -0.444 e. The normalized spacial score (nSPS) is 17.4. The van der Waals surface area contributed by atoms with Crippen LogP contribution in [0.5, 0.6) is 0 Å². The molecule has 1 fully saturated rings. The molecule has 0 bridgehead atoms. The van der Waals surface area contributed by atoms with Crippen molar-refractivity contribution >= 4 is 18.1 Å². The van der Waals surface area contributed by atoms with Crippen LogP contribution < -0.4 is 0 Å². The van der Waals surface area contributed by atoms with Crippen molar-refractivity contribution in [3.63, 3.8) is 0 Å². The van der Waals surface area contributed by atoms with E-state index in [1.165, 1.54) is 0 Å². The number of benzene rings is 2. The number of hydrogen-bond acceptors (Lipinski definition) is 3. The van der Waals surface area contributed by atoms with Gasteiger partial charge in [-0.25, -0.2) is 4.79 Å². The van der Waals surface area contributed by atoms with E-state index in [0.29, 0.717) is 25.2 Å². The van der Waals surface area contributed by atoms with E-state index in [1.807, 2.05) is 98.5 Å². The van der Waals surface area contributed by atoms with E-state index in [0.717, 1.165) is 5.56 Å². The highest BCUT2D eigenvalue weighted by Crippen LogP contribution is 2.19. The van der Waals surface area contributed by atoms with Gasteiger partial charge < -0.3 is 14.5 Å². The summed E-state index contributed by atoms with van der Waals surface area (Å²) in [5, 5.41) is 0. The second-order valence-electron chi connectivity index (χ2n) is 8.13. The van der Waals surface area contributed by atoms with Crippen LogP contribution >= 0.6 is 0 Å². The van der Waals surface area contributed by atoms with Crippen molar-refractivity contribution in [2.24, 2.45) is 0 Å². The lowest BCUT2D eigenvalue weighted by atomic mass is 10.1. The van der Waals surface area contributed by atoms with Crippen LogP contribution in [0.3, 0.4) is 0 Å². The van der Waals surface area contributed by atoms with E-state index < -0.39 is 5.60 Å². The molecule has 0 aliphatic carbocycles. The summed E-state index contributed by atoms with van der Waals surface area (Å²) >= 11 is 0. The molecule has 1 aliphatic rings. The third-order valence-corrected chi connectivity index (χ3v) is 4.66. The second-order valence-corrected chi connectivity index (χ2v) is 8.13. The monoisotopic (exact) mass is 392 g/mol. The smallest absolute Gasteiger partial charge is 0.410 e. The molecular weight excluding hydrogens is 364 g/mol. The van der Waals surface area contributed by atoms with Crippen LogP contribution in [-0.4, -0.2) is 53.1 Å². The molecule has 152 valence electrons. The van der Waals surface area contributed by atoms with E-state index >= 15 is 0 Å². The largest absolute Gasteiger partial charge is 0.444 e. The number of carbonyl (C=O) groups is 2. The third kappa shape index (κ3) is 5.70. The lowest BCUT2D eigenvalue weighted by Gasteiger charge is -2.40. The van der Waals surface area contributed by atoms with Gasteiger partial charge in [0.2, 0.25) is 0 Å². The van der Waals surface area contributed by atoms with Crippen LogP contribution in [0.4, 0.5) is 4.79 Å². The molecule has 2 aromatic carbocycles. The lowest BCUT2D eigenvalue weighted by molar-refractivity contribution is 0.00872. The predicted molar refractivity (Wildman–Crippen MR) is 115 cm³/mol. The minimum atomic E-state index is -0.552. The molecule has 1 unspecified atom stereocenters. The Kier molecular flexibility index (Phi) is 6.37. The van der Waals surface area contributed by atoms with E-state index in [9.17, 15) is 9.59 Å². The fourth-order valence-electron chi connectivity index (χ4n) is 3.25. The Hall–Kier alpha value is -3.08. The quantitative estimate of drug-likeness (QED) is 0.775. The molecule has 2 amide bonds. The van der Waals surface area contributed by atoms with Crippen molar-refractivity contribution in [1.82, 2.24) is 9.80 Å². The van der Waals surface area contributed by atoms with Gasteiger partial charge in [0.1, 0.15) is 5.60 Å². The van der Waals surface area contributed by atoms with Crippen molar-refractivity contribution in [1.29, 1.82) is 0 Å². The van der Waals surface area contributed by atoms with E-state index in [4.69, 9.17) is 4.74 Å². The molecule has 29 heavy (non-hydrogen) atoms. The highest BCUT2D eigenvalue weighted by Gasteiger charge is 2.33. The van der Waals surface area contributed by atoms with Crippen LogP contribution in [0.1, 0.15) is 36.7 Å². The minimum absolute atomic E-state index is 0.0304. The molecule has 0 radical (unpaired) electrons. The molecule has 1 saturated heterocycles. The molecular formula is C24H28N2O3. The van der Waals surface area contributed by atoms with Crippen molar-refractivity contribution in [2.45, 2.75) is 32.4 Å². The molecule has 1 atom stereocenters. The Balaban J connectivity index is 1.81. The number of ether oxygens (including phenoxy) is 1. The van der Waals surface area contributed by atoms with Crippen molar-refractivity contribution in [3.05, 3.63) is 77.9 Å². The molecule has 0 N–H and O–H groups in total. The van der Waals surface area contributed by atoms with E-state index in [2.05, 4.69) is 0 Å². The summed E-state index contributed by atoms with van der Waals surface area (Å²) in [5.41, 5.74) is 1.15. The number of nitrogens with zero attached hydrogens (tertiary/aromatic N) is 2. The van der Waals surface area contributed by atoms with Crippen molar-refractivity contribution in [2.75, 3.05) is 19.6 Å². The van der Waals surface area contributed by atoms with E-state index in [1.54, 1.807) is 4.90 Å². The van der Waals surface area contributed by atoms with Crippen molar-refractivity contribution < 1.29 is 14.3 Å². The van der Waals surface area contributed by atoms with Gasteiger partial charge in [-0.15, -0.1) is 0 Å². The maximum absolute atomic E-state index is 13.1. The Morgan fingerprint density at radius 3 is 2.21 bits per heavy atom. The molecule has 0 spiro atoms. The van der Waals surface area contributed by atoms with Crippen LogP contribution in [-0.2, 0) is 4.74 Å². The van der Waals surface area contributed by atoms with Crippen LogP contribution in [0.15, 0.2) is 66.7 Å². The topological polar surface area (TPSA) is 49.9 Å². The van der Waals surface area contributed by atoms with Crippen LogP contribution in [0, 0.1) is 0 Å². The highest BCUT2D eigenvalue weighted by molar-refractivity contribution is 5.94. The lowest BCUT2D eigenvalue weighted by Crippen LogP contribution is -2.56. The fraction of sp³-hybridized carbons (Fsp3) is 0.333. The number of hydrogen-bond donors (Lipinski definition) is 0. The molecule has 3 rings (SSSR count). The summed E-state index contributed by atoms with van der Waals surface area (Å²) in [6.45, 7) is 6.86. The average molecular weight is 392 g/mol. The van der Waals surface area contributed by atoms with Gasteiger partial charge in [0, 0.05) is 25.2 Å². The SMILES string of the molecule is CC(C)(C)OC(=O)N1CCN(C(=O)c2ccccc2)C(/C=C/c2ccccc2)C1. The van der Waals surface area contributed by atoms with Gasteiger partial charge in [0.25, 0.3) is 5.91 Å². The molecule has 1 heterocycles. The highest BCUT2D eigenvalue weighted by atomic mass is 16.6. The molecule has 1 aliphatic heterocycles. The average Bonchev–Trinajstić information content (AvgIpc) is 2.71. The first-order chi connectivity index (χ1) is 13.8. The summed E-state index contributed by atoms with van der Waals surface area (Å²) in [7, 11) is 0. The summed E-state index contributed by atoms with van der Waals surface area (Å²) in [4.78, 5) is 29.1. The Labute approximate surface area is 172 Å². The standard InChI is InChI=1S/C24H28N2O3/c1-24(2,3)29-23(28)25-16-17-26(22(27)20-12-8-5-9-13-20)21(18-25)15-14-19-10-6-4-7-11-19/h4-15,21H,16-18H2,1-3H3/b15-14+. The summed E-state index contributed by atoms with van der Waals surface area (Å²) in [6.07, 6.45) is 3.64. The Bertz CT molecular complexity index is 857. The Morgan fingerprint density at radius 1 is 0.966 bits per heavy atom. The third-order valence-electron chi connectivity index (χ3n) is 4.66. The van der Waals surface area contributed by atoms with Gasteiger partial charge in [-0.1, -0.05) is 60.7 Å². The van der Waals surface area contributed by atoms with Gasteiger partial charge in [0.15, 0.2) is 0 Å². The zero-order valence-electron chi connectivity index (χ0n) is 17.2. The number of rotatable bonds is 3. The molecule has 0 aromatic heterocycles. The maximum atomic E-state index is 13.1. The number of carbonyl (C=O) groups excluding carboxylic acids is 2. The number of piperazine rings is 1. The van der Waals surface area contributed by atoms with Crippen LogP contribution in [0.25, 0.3) is 6.08 Å². The first-order valence-corrected chi connectivity index (χ1v) is 9.91. The summed E-state index contributed by atoms with van der Waals surface area (Å²) in [5.74, 6) is -0.0304. The first kappa shape index (κ1) is 20.6. The Morgan fingerprint density at radius 2 is 1.59 bits per heavy atom. The summed E-state index contributed by atoms with van der Waals surface area (Å²) in [6, 6.07) is 18.9. The zero-order chi connectivity index (χ0) is 20.9. The van der Waals surface area contributed by atoms with Crippen LogP contribution in [0.2, 0.25) is 0 Å². The van der Waals surface area contributed by atoms with Gasteiger partial charge in [-0.2, -0.15) is 0 Å². The fourth-order valence-corrected chi connectivity index (χ4v) is 3.25. The molecule has 2 aromatic rings. The van der Waals surface area contributed by atoms with Gasteiger partial charge in [-0.05, 0) is 38.5 Å². The van der Waals surface area contributed by atoms with Gasteiger partial charge in [0.05, 0.1) is 6.04 Å². The predicted octanol–water partition coefficient (Wildman–Crippen LogP) is 4.46. The maximum Gasteiger partial charge on any atom is 0.410 e. The van der Waals surface area contributed by atoms with Crippen molar-refractivity contribution in [3.8, 4) is 0 Å². The number of amides is 2. The van der Waals surface area contributed by atoms with Gasteiger partial charge in [-0.3, -0.25) is 4.79 Å².